The van der Waals surface area contributed by atoms with Gasteiger partial charge in [-0.25, -0.2) is 9.78 Å². The number of pyridine rings is 1. The lowest BCUT2D eigenvalue weighted by atomic mass is 10.0. The van der Waals surface area contributed by atoms with Crippen LogP contribution in [0.25, 0.3) is 10.7 Å². The molecule has 0 unspecified atom stereocenters. The number of nitrogens with zero attached hydrogens (tertiary/aromatic N) is 2. The van der Waals surface area contributed by atoms with E-state index in [2.05, 4.69) is 9.97 Å². The molecule has 0 amide bonds. The highest BCUT2D eigenvalue weighted by Gasteiger charge is 2.25. The molecule has 0 bridgehead atoms. The molecular weight excluding hydrogens is 372 g/mol. The van der Waals surface area contributed by atoms with Gasteiger partial charge >= 0.3 is 5.97 Å². The number of rotatable bonds is 5. The van der Waals surface area contributed by atoms with E-state index in [0.717, 1.165) is 19.3 Å². The van der Waals surface area contributed by atoms with E-state index in [9.17, 15) is 9.59 Å². The Balaban J connectivity index is 1.49. The first-order valence-corrected chi connectivity index (χ1v) is 10.1. The van der Waals surface area contributed by atoms with Crippen molar-refractivity contribution in [2.45, 2.75) is 39.2 Å². The van der Waals surface area contributed by atoms with Gasteiger partial charge in [-0.05, 0) is 62.4 Å². The van der Waals surface area contributed by atoms with Crippen LogP contribution in [0.15, 0.2) is 42.6 Å². The molecule has 5 nitrogen and oxygen atoms in total. The summed E-state index contributed by atoms with van der Waals surface area (Å²) >= 11 is 1.23. The maximum absolute atomic E-state index is 12.7. The summed E-state index contributed by atoms with van der Waals surface area (Å²) in [5.74, 6) is -0.714. The normalized spacial score (nSPS) is 13.8. The molecule has 1 aliphatic rings. The monoisotopic (exact) mass is 392 g/mol. The van der Waals surface area contributed by atoms with Crippen LogP contribution in [-0.4, -0.2) is 27.8 Å². The van der Waals surface area contributed by atoms with Crippen molar-refractivity contribution < 1.29 is 14.3 Å². The summed E-state index contributed by atoms with van der Waals surface area (Å²) in [7, 11) is 0. The predicted molar refractivity (Wildman–Crippen MR) is 108 cm³/mol. The lowest BCUT2D eigenvalue weighted by Gasteiger charge is -2.12. The van der Waals surface area contributed by atoms with E-state index < -0.39 is 12.1 Å². The van der Waals surface area contributed by atoms with Gasteiger partial charge in [0, 0.05) is 11.8 Å². The van der Waals surface area contributed by atoms with Crippen LogP contribution in [0.4, 0.5) is 0 Å². The largest absolute Gasteiger partial charge is 0.450 e. The zero-order valence-electron chi connectivity index (χ0n) is 15.8. The van der Waals surface area contributed by atoms with Gasteiger partial charge in [-0.2, -0.15) is 0 Å². The van der Waals surface area contributed by atoms with Crippen LogP contribution in [0.1, 0.15) is 50.2 Å². The Bertz CT molecular complexity index is 1040. The Kier molecular flexibility index (Phi) is 5.05. The number of carbonyl (C=O) groups is 2. The van der Waals surface area contributed by atoms with Gasteiger partial charge in [-0.15, -0.1) is 11.3 Å². The number of ketones is 1. The molecule has 0 saturated heterocycles. The third kappa shape index (κ3) is 3.60. The first-order chi connectivity index (χ1) is 13.5. The highest BCUT2D eigenvalue weighted by molar-refractivity contribution is 7.17. The number of hydrogen-bond acceptors (Lipinski definition) is 6. The number of carbonyl (C=O) groups excluding carboxylic acids is 2. The number of hydrogen-bond donors (Lipinski definition) is 0. The minimum absolute atomic E-state index is 0.185. The molecule has 3 aromatic rings. The zero-order valence-corrected chi connectivity index (χ0v) is 16.6. The maximum atomic E-state index is 12.7. The number of aryl methyl sites for hydroxylation is 3. The molecule has 28 heavy (non-hydrogen) atoms. The SMILES string of the molecule is Cc1nc(-c2ccccn2)sc1C(=O)O[C@@H](C)C(=O)c1ccc2c(c1)CCC2. The molecule has 0 N–H and O–H groups in total. The van der Waals surface area contributed by atoms with Gasteiger partial charge in [0.15, 0.2) is 6.10 Å². The third-order valence-electron chi connectivity index (χ3n) is 4.90. The van der Waals surface area contributed by atoms with E-state index in [1.807, 2.05) is 36.4 Å². The van der Waals surface area contributed by atoms with Crippen LogP contribution in [0, 0.1) is 6.92 Å². The molecule has 1 atom stereocenters. The number of benzene rings is 1. The standard InChI is InChI=1S/C22H20N2O3S/c1-13-20(28-21(24-13)18-8-3-4-11-23-18)22(26)27-14(2)19(25)17-10-9-15-6-5-7-16(15)12-17/h3-4,8-12,14H,5-7H2,1-2H3/t14-/m0/s1. The van der Waals surface area contributed by atoms with Gasteiger partial charge in [0.2, 0.25) is 5.78 Å². The number of fused-ring (bicyclic) bond motifs is 1. The van der Waals surface area contributed by atoms with Crippen molar-refractivity contribution in [3.63, 3.8) is 0 Å². The number of thiazole rings is 1. The van der Waals surface area contributed by atoms with Crippen LogP contribution in [-0.2, 0) is 17.6 Å². The Morgan fingerprint density at radius 2 is 1.96 bits per heavy atom. The highest BCUT2D eigenvalue weighted by atomic mass is 32.1. The molecule has 2 aromatic heterocycles. The summed E-state index contributed by atoms with van der Waals surface area (Å²) in [4.78, 5) is 34.4. The van der Waals surface area contributed by atoms with Crippen LogP contribution in [0.3, 0.4) is 0 Å². The predicted octanol–water partition coefficient (Wildman–Crippen LogP) is 4.43. The van der Waals surface area contributed by atoms with E-state index in [1.165, 1.54) is 22.5 Å². The van der Waals surface area contributed by atoms with Gasteiger partial charge in [-0.1, -0.05) is 18.2 Å². The summed E-state index contributed by atoms with van der Waals surface area (Å²) < 4.78 is 5.46. The van der Waals surface area contributed by atoms with E-state index in [1.54, 1.807) is 20.0 Å². The molecule has 1 aliphatic carbocycles. The summed E-state index contributed by atoms with van der Waals surface area (Å²) in [5.41, 5.74) is 4.41. The summed E-state index contributed by atoms with van der Waals surface area (Å²) in [6, 6.07) is 11.3. The van der Waals surface area contributed by atoms with Crippen LogP contribution < -0.4 is 0 Å². The van der Waals surface area contributed by atoms with Crippen molar-refractivity contribution in [1.82, 2.24) is 9.97 Å². The third-order valence-corrected chi connectivity index (χ3v) is 6.06. The summed E-state index contributed by atoms with van der Waals surface area (Å²) in [6.07, 6.45) is 4.02. The number of aromatic nitrogens is 2. The van der Waals surface area contributed by atoms with Gasteiger partial charge in [0.25, 0.3) is 0 Å². The number of esters is 1. The minimum atomic E-state index is -0.855. The fourth-order valence-electron chi connectivity index (χ4n) is 3.41. The Morgan fingerprint density at radius 1 is 1.14 bits per heavy atom. The van der Waals surface area contributed by atoms with Gasteiger partial charge < -0.3 is 4.74 Å². The molecule has 0 radical (unpaired) electrons. The van der Waals surface area contributed by atoms with Crippen molar-refractivity contribution >= 4 is 23.1 Å². The first-order valence-electron chi connectivity index (χ1n) is 9.29. The molecule has 6 heteroatoms. The molecular formula is C22H20N2O3S. The van der Waals surface area contributed by atoms with Gasteiger partial charge in [-0.3, -0.25) is 9.78 Å². The molecule has 0 saturated carbocycles. The minimum Gasteiger partial charge on any atom is -0.450 e. The summed E-state index contributed by atoms with van der Waals surface area (Å²) in [6.45, 7) is 3.37. The second kappa shape index (κ2) is 7.64. The summed E-state index contributed by atoms with van der Waals surface area (Å²) in [5, 5.41) is 0.655. The Labute approximate surface area is 167 Å². The average molecular weight is 392 g/mol. The van der Waals surface area contributed by atoms with E-state index in [-0.39, 0.29) is 5.78 Å². The van der Waals surface area contributed by atoms with Crippen molar-refractivity contribution in [2.24, 2.45) is 0 Å². The van der Waals surface area contributed by atoms with Crippen LogP contribution in [0.2, 0.25) is 0 Å². The first kappa shape index (κ1) is 18.5. The number of ether oxygens (including phenoxy) is 1. The molecule has 0 spiro atoms. The Morgan fingerprint density at radius 3 is 2.75 bits per heavy atom. The Hall–Kier alpha value is -2.86. The van der Waals surface area contributed by atoms with Crippen LogP contribution >= 0.6 is 11.3 Å². The van der Waals surface area contributed by atoms with Crippen molar-refractivity contribution in [1.29, 1.82) is 0 Å². The lowest BCUT2D eigenvalue weighted by molar-refractivity contribution is 0.0322. The molecule has 1 aromatic carbocycles. The van der Waals surface area contributed by atoms with Crippen molar-refractivity contribution in [2.75, 3.05) is 0 Å². The smallest absolute Gasteiger partial charge is 0.350 e. The molecule has 4 rings (SSSR count). The van der Waals surface area contributed by atoms with Crippen LogP contribution in [0.5, 0.6) is 0 Å². The zero-order chi connectivity index (χ0) is 19.7. The highest BCUT2D eigenvalue weighted by Crippen LogP contribution is 2.28. The van der Waals surface area contributed by atoms with E-state index >= 15 is 0 Å². The fourth-order valence-corrected chi connectivity index (χ4v) is 4.34. The van der Waals surface area contributed by atoms with E-state index in [0.29, 0.717) is 26.8 Å². The maximum Gasteiger partial charge on any atom is 0.350 e. The average Bonchev–Trinajstić information content (AvgIpc) is 3.33. The van der Waals surface area contributed by atoms with Crippen molar-refractivity contribution in [3.8, 4) is 10.7 Å². The second-order valence-corrected chi connectivity index (χ2v) is 7.90. The molecule has 142 valence electrons. The van der Waals surface area contributed by atoms with Gasteiger partial charge in [0.05, 0.1) is 11.4 Å². The topological polar surface area (TPSA) is 69.2 Å². The van der Waals surface area contributed by atoms with Crippen molar-refractivity contribution in [3.05, 3.63) is 69.9 Å². The lowest BCUT2D eigenvalue weighted by Crippen LogP contribution is -2.24. The second-order valence-electron chi connectivity index (χ2n) is 6.90. The molecule has 0 fully saturated rings. The number of Topliss-reactive ketones (excluding diaryl/α,β-unsaturated/α-hetero) is 1. The molecule has 0 aliphatic heterocycles. The van der Waals surface area contributed by atoms with E-state index in [4.69, 9.17) is 4.74 Å². The van der Waals surface area contributed by atoms with Gasteiger partial charge in [0.1, 0.15) is 9.88 Å². The fraction of sp³-hybridized carbons (Fsp3) is 0.273. The molecule has 2 heterocycles. The quantitative estimate of drug-likeness (QED) is 0.475.